The summed E-state index contributed by atoms with van der Waals surface area (Å²) in [7, 11) is 1.98. The fraction of sp³-hybridized carbons (Fsp3) is 0.429. The van der Waals surface area contributed by atoms with E-state index in [9.17, 15) is 0 Å². The summed E-state index contributed by atoms with van der Waals surface area (Å²) in [5.74, 6) is 0.640. The normalized spacial score (nSPS) is 13.2. The summed E-state index contributed by atoms with van der Waals surface area (Å²) in [6.45, 7) is 4.44. The minimum Gasteiger partial charge on any atom is -0.312 e. The summed E-state index contributed by atoms with van der Waals surface area (Å²) in [5, 5.41) is 3.31. The van der Waals surface area contributed by atoms with Gasteiger partial charge in [-0.05, 0) is 31.5 Å². The monoisotopic (exact) mass is 229 g/mol. The van der Waals surface area contributed by atoms with Gasteiger partial charge in [-0.1, -0.05) is 26.0 Å². The molecular formula is C14H19N3. The highest BCUT2D eigenvalue weighted by molar-refractivity contribution is 5.73. The van der Waals surface area contributed by atoms with E-state index in [0.29, 0.717) is 5.92 Å². The number of hydrogen-bond acceptors (Lipinski definition) is 3. The molecule has 0 radical (unpaired) electrons. The van der Waals surface area contributed by atoms with Crippen molar-refractivity contribution in [2.75, 3.05) is 7.05 Å². The lowest BCUT2D eigenvalue weighted by Crippen LogP contribution is -2.19. The molecule has 3 heteroatoms. The van der Waals surface area contributed by atoms with E-state index >= 15 is 0 Å². The average Bonchev–Trinajstić information content (AvgIpc) is 2.35. The number of nitrogens with one attached hydrogen (secondary N) is 1. The highest BCUT2D eigenvalue weighted by Gasteiger charge is 2.13. The molecule has 1 atom stereocenters. The first-order valence-electron chi connectivity index (χ1n) is 6.09. The van der Waals surface area contributed by atoms with Crippen LogP contribution in [0.2, 0.25) is 0 Å². The molecule has 0 saturated heterocycles. The first kappa shape index (κ1) is 12.0. The molecule has 90 valence electrons. The van der Waals surface area contributed by atoms with Gasteiger partial charge < -0.3 is 5.32 Å². The quantitative estimate of drug-likeness (QED) is 0.876. The zero-order valence-electron chi connectivity index (χ0n) is 10.6. The van der Waals surface area contributed by atoms with E-state index in [-0.39, 0.29) is 6.04 Å². The third kappa shape index (κ3) is 2.80. The van der Waals surface area contributed by atoms with Gasteiger partial charge in [-0.15, -0.1) is 0 Å². The lowest BCUT2D eigenvalue weighted by Gasteiger charge is -2.17. The van der Waals surface area contributed by atoms with Crippen LogP contribution in [-0.4, -0.2) is 17.0 Å². The van der Waals surface area contributed by atoms with Crippen LogP contribution in [0.3, 0.4) is 0 Å². The van der Waals surface area contributed by atoms with Crippen LogP contribution in [0.15, 0.2) is 30.5 Å². The maximum atomic E-state index is 4.67. The molecule has 0 aliphatic rings. The average molecular weight is 229 g/mol. The van der Waals surface area contributed by atoms with Crippen molar-refractivity contribution < 1.29 is 0 Å². The van der Waals surface area contributed by atoms with E-state index in [1.165, 1.54) is 0 Å². The number of para-hydroxylation sites is 2. The number of aromatic nitrogens is 2. The Kier molecular flexibility index (Phi) is 3.69. The van der Waals surface area contributed by atoms with Crippen molar-refractivity contribution in [1.29, 1.82) is 0 Å². The van der Waals surface area contributed by atoms with Gasteiger partial charge in [0.25, 0.3) is 0 Å². The highest BCUT2D eigenvalue weighted by atomic mass is 14.9. The van der Waals surface area contributed by atoms with Gasteiger partial charge in [-0.2, -0.15) is 0 Å². The molecule has 1 N–H and O–H groups in total. The number of rotatable bonds is 4. The molecule has 0 bridgehead atoms. The number of hydrogen-bond donors (Lipinski definition) is 1. The molecule has 0 spiro atoms. The van der Waals surface area contributed by atoms with Gasteiger partial charge in [0.05, 0.1) is 29.0 Å². The Morgan fingerprint density at radius 2 is 1.88 bits per heavy atom. The molecule has 0 aliphatic carbocycles. The summed E-state index contributed by atoms with van der Waals surface area (Å²) >= 11 is 0. The summed E-state index contributed by atoms with van der Waals surface area (Å²) in [6.07, 6.45) is 2.95. The van der Waals surface area contributed by atoms with Crippen molar-refractivity contribution in [2.45, 2.75) is 26.3 Å². The second-order valence-corrected chi connectivity index (χ2v) is 4.75. The van der Waals surface area contributed by atoms with Gasteiger partial charge >= 0.3 is 0 Å². The Morgan fingerprint density at radius 3 is 2.53 bits per heavy atom. The van der Waals surface area contributed by atoms with Crippen molar-refractivity contribution in [2.24, 2.45) is 5.92 Å². The molecule has 1 aromatic carbocycles. The van der Waals surface area contributed by atoms with Gasteiger partial charge in [0, 0.05) is 0 Å². The van der Waals surface area contributed by atoms with Gasteiger partial charge in [0.1, 0.15) is 0 Å². The van der Waals surface area contributed by atoms with Crippen LogP contribution >= 0.6 is 0 Å². The molecule has 1 unspecified atom stereocenters. The Hall–Kier alpha value is -1.48. The minimum atomic E-state index is 0.284. The third-order valence-electron chi connectivity index (χ3n) is 2.88. The molecule has 2 aromatic rings. The summed E-state index contributed by atoms with van der Waals surface area (Å²) < 4.78 is 0. The Morgan fingerprint density at radius 1 is 1.18 bits per heavy atom. The van der Waals surface area contributed by atoms with Crippen molar-refractivity contribution in [1.82, 2.24) is 15.3 Å². The summed E-state index contributed by atoms with van der Waals surface area (Å²) in [5.41, 5.74) is 2.95. The third-order valence-corrected chi connectivity index (χ3v) is 2.88. The van der Waals surface area contributed by atoms with Crippen LogP contribution in [-0.2, 0) is 0 Å². The molecule has 1 aromatic heterocycles. The topological polar surface area (TPSA) is 37.8 Å². The molecular weight excluding hydrogens is 210 g/mol. The lowest BCUT2D eigenvalue weighted by molar-refractivity contribution is 0.449. The van der Waals surface area contributed by atoms with Crippen molar-refractivity contribution >= 4 is 11.0 Å². The SMILES string of the molecule is CNC(CC(C)C)c1cnc2ccccc2n1. The molecule has 0 amide bonds. The Balaban J connectivity index is 2.34. The van der Waals surface area contributed by atoms with E-state index in [1.54, 1.807) is 0 Å². The fourth-order valence-electron chi connectivity index (χ4n) is 2.00. The van der Waals surface area contributed by atoms with Gasteiger partial charge in [0.15, 0.2) is 0 Å². The van der Waals surface area contributed by atoms with E-state index < -0.39 is 0 Å². The van der Waals surface area contributed by atoms with Crippen LogP contribution in [0.4, 0.5) is 0 Å². The van der Waals surface area contributed by atoms with Crippen LogP contribution < -0.4 is 5.32 Å². The smallest absolute Gasteiger partial charge is 0.0890 e. The predicted octanol–water partition coefficient (Wildman–Crippen LogP) is 2.94. The van der Waals surface area contributed by atoms with E-state index in [4.69, 9.17) is 0 Å². The molecule has 17 heavy (non-hydrogen) atoms. The molecule has 1 heterocycles. The molecule has 3 nitrogen and oxygen atoms in total. The maximum absolute atomic E-state index is 4.67. The Bertz CT molecular complexity index is 494. The maximum Gasteiger partial charge on any atom is 0.0890 e. The second-order valence-electron chi connectivity index (χ2n) is 4.75. The van der Waals surface area contributed by atoms with Crippen molar-refractivity contribution in [3.63, 3.8) is 0 Å². The first-order valence-corrected chi connectivity index (χ1v) is 6.09. The largest absolute Gasteiger partial charge is 0.312 e. The van der Waals surface area contributed by atoms with Crippen molar-refractivity contribution in [3.05, 3.63) is 36.2 Å². The fourth-order valence-corrected chi connectivity index (χ4v) is 2.00. The van der Waals surface area contributed by atoms with Crippen molar-refractivity contribution in [3.8, 4) is 0 Å². The number of fused-ring (bicyclic) bond motifs is 1. The van der Waals surface area contributed by atoms with Crippen LogP contribution in [0.25, 0.3) is 11.0 Å². The zero-order chi connectivity index (χ0) is 12.3. The van der Waals surface area contributed by atoms with E-state index in [1.807, 2.05) is 37.5 Å². The van der Waals surface area contributed by atoms with E-state index in [0.717, 1.165) is 23.1 Å². The molecule has 0 saturated carbocycles. The van der Waals surface area contributed by atoms with Gasteiger partial charge in [-0.25, -0.2) is 4.98 Å². The second kappa shape index (κ2) is 5.23. The van der Waals surface area contributed by atoms with Gasteiger partial charge in [-0.3, -0.25) is 4.98 Å². The highest BCUT2D eigenvalue weighted by Crippen LogP contribution is 2.20. The molecule has 0 fully saturated rings. The summed E-state index contributed by atoms with van der Waals surface area (Å²) in [4.78, 5) is 9.13. The van der Waals surface area contributed by atoms with Crippen LogP contribution in [0, 0.1) is 5.92 Å². The number of nitrogens with zero attached hydrogens (tertiary/aromatic N) is 2. The van der Waals surface area contributed by atoms with E-state index in [2.05, 4.69) is 29.1 Å². The minimum absolute atomic E-state index is 0.284. The van der Waals surface area contributed by atoms with Crippen LogP contribution in [0.1, 0.15) is 32.0 Å². The Labute approximate surface area is 102 Å². The lowest BCUT2D eigenvalue weighted by atomic mass is 10.0. The van der Waals surface area contributed by atoms with Gasteiger partial charge in [0.2, 0.25) is 0 Å². The molecule has 2 rings (SSSR count). The standard InChI is InChI=1S/C14H19N3/c1-10(2)8-13(15-3)14-9-16-11-6-4-5-7-12(11)17-14/h4-7,9-10,13,15H,8H2,1-3H3. The first-order chi connectivity index (χ1) is 8.20. The predicted molar refractivity (Wildman–Crippen MR) is 70.8 cm³/mol. The van der Waals surface area contributed by atoms with Crippen LogP contribution in [0.5, 0.6) is 0 Å². The number of benzene rings is 1. The zero-order valence-corrected chi connectivity index (χ0v) is 10.6. The molecule has 0 aliphatic heterocycles. The summed E-state index contributed by atoms with van der Waals surface area (Å²) in [6, 6.07) is 8.27.